The van der Waals surface area contributed by atoms with Gasteiger partial charge >= 0.3 is 8.56 Å². The number of hydrogen-bond donors (Lipinski definition) is 0. The number of benzene rings is 3. The first-order valence-corrected chi connectivity index (χ1v) is 19.4. The highest BCUT2D eigenvalue weighted by molar-refractivity contribution is 7.20. The van der Waals surface area contributed by atoms with Gasteiger partial charge in [-0.05, 0) is 38.9 Å². The molecule has 3 rings (SSSR count). The van der Waals surface area contributed by atoms with Crippen molar-refractivity contribution in [3.05, 3.63) is 108 Å². The molecule has 0 aliphatic rings. The highest BCUT2D eigenvalue weighted by Gasteiger charge is 2.54. The quantitative estimate of drug-likeness (QED) is 0.0819. The van der Waals surface area contributed by atoms with E-state index in [1.54, 1.807) is 0 Å². The third-order valence-electron chi connectivity index (χ3n) is 7.77. The summed E-state index contributed by atoms with van der Waals surface area (Å²) in [5.74, 6) is 0. The van der Waals surface area contributed by atoms with E-state index in [9.17, 15) is 0 Å². The van der Waals surface area contributed by atoms with Crippen molar-refractivity contribution in [2.75, 3.05) is 13.2 Å². The molecule has 0 N–H and O–H groups in total. The van der Waals surface area contributed by atoms with E-state index in [4.69, 9.17) is 24.4 Å². The number of hydrogen-bond acceptors (Lipinski definition) is 3. The standard InChI is InChI=1S/C33H47ClO3Si2/c1-26(2)38(34,27(3)4)37-39(28(5)6,29(7)8)36-25-24-35-33(30-18-12-9-13-19-30,31-20-14-10-15-21-31)32-22-16-11-17-23-32/h9-23,26-29H,24-25H2,1-8H3. The molecule has 0 aliphatic carbocycles. The zero-order valence-electron chi connectivity index (χ0n) is 25.0. The first kappa shape index (κ1) is 31.8. The topological polar surface area (TPSA) is 27.7 Å². The van der Waals surface area contributed by atoms with Gasteiger partial charge in [-0.1, -0.05) is 146 Å². The summed E-state index contributed by atoms with van der Waals surface area (Å²) >= 11 is 7.35. The van der Waals surface area contributed by atoms with Crippen molar-refractivity contribution in [3.8, 4) is 0 Å². The minimum atomic E-state index is -2.70. The van der Waals surface area contributed by atoms with Crippen LogP contribution in [0.3, 0.4) is 0 Å². The van der Waals surface area contributed by atoms with E-state index in [1.807, 2.05) is 18.2 Å². The number of rotatable bonds is 14. The molecule has 0 spiro atoms. The van der Waals surface area contributed by atoms with Gasteiger partial charge in [0.05, 0.1) is 13.2 Å². The monoisotopic (exact) mass is 582 g/mol. The molecule has 0 saturated carbocycles. The van der Waals surface area contributed by atoms with E-state index >= 15 is 0 Å². The van der Waals surface area contributed by atoms with Crippen LogP contribution >= 0.6 is 11.1 Å². The van der Waals surface area contributed by atoms with Gasteiger partial charge in [0, 0.05) is 0 Å². The predicted octanol–water partition coefficient (Wildman–Crippen LogP) is 9.79. The van der Waals surface area contributed by atoms with Crippen LogP contribution in [0.15, 0.2) is 91.0 Å². The fourth-order valence-corrected chi connectivity index (χ4v) is 16.4. The van der Waals surface area contributed by atoms with Gasteiger partial charge in [0.15, 0.2) is 0 Å². The Kier molecular flexibility index (Phi) is 11.2. The fraction of sp³-hybridized carbons (Fsp3) is 0.455. The van der Waals surface area contributed by atoms with Crippen molar-refractivity contribution in [2.45, 2.75) is 83.2 Å². The lowest BCUT2D eigenvalue weighted by Crippen LogP contribution is -2.57. The van der Waals surface area contributed by atoms with E-state index in [1.165, 1.54) is 0 Å². The molecule has 0 atom stereocenters. The molecule has 0 fully saturated rings. The molecule has 39 heavy (non-hydrogen) atoms. The molecule has 0 heterocycles. The van der Waals surface area contributed by atoms with Crippen molar-refractivity contribution in [1.29, 1.82) is 0 Å². The second kappa shape index (κ2) is 13.8. The van der Waals surface area contributed by atoms with Crippen LogP contribution in [-0.2, 0) is 18.9 Å². The van der Waals surface area contributed by atoms with Gasteiger partial charge in [-0.3, -0.25) is 0 Å². The zero-order valence-corrected chi connectivity index (χ0v) is 27.7. The Balaban J connectivity index is 1.97. The van der Waals surface area contributed by atoms with Crippen LogP contribution in [0, 0.1) is 0 Å². The Morgan fingerprint density at radius 2 is 0.923 bits per heavy atom. The minimum Gasteiger partial charge on any atom is -0.423 e. The van der Waals surface area contributed by atoms with E-state index in [-0.39, 0.29) is 22.2 Å². The van der Waals surface area contributed by atoms with Crippen LogP contribution in [-0.4, -0.2) is 29.4 Å². The lowest BCUT2D eigenvalue weighted by atomic mass is 9.80. The van der Waals surface area contributed by atoms with Crippen molar-refractivity contribution in [1.82, 2.24) is 0 Å². The SMILES string of the molecule is CC(C)[Si](Cl)(O[Si](OCCOC(c1ccccc1)(c1ccccc1)c1ccccc1)(C(C)C)C(C)C)C(C)C. The highest BCUT2D eigenvalue weighted by Crippen LogP contribution is 2.46. The van der Waals surface area contributed by atoms with Gasteiger partial charge in [0.1, 0.15) is 5.60 Å². The van der Waals surface area contributed by atoms with Gasteiger partial charge in [-0.25, -0.2) is 0 Å². The van der Waals surface area contributed by atoms with Crippen LogP contribution in [0.25, 0.3) is 0 Å². The molecule has 3 aromatic carbocycles. The number of halogens is 1. The molecule has 3 nitrogen and oxygen atoms in total. The third kappa shape index (κ3) is 6.78. The van der Waals surface area contributed by atoms with Crippen LogP contribution < -0.4 is 0 Å². The maximum atomic E-state index is 7.35. The highest BCUT2D eigenvalue weighted by atomic mass is 35.6. The summed E-state index contributed by atoms with van der Waals surface area (Å²) in [5.41, 5.74) is 3.56. The van der Waals surface area contributed by atoms with Gasteiger partial charge in [0.2, 0.25) is 0 Å². The summed E-state index contributed by atoms with van der Waals surface area (Å²) in [7, 11) is -5.25. The maximum absolute atomic E-state index is 7.35. The molecule has 0 radical (unpaired) electrons. The Bertz CT molecular complexity index is 1010. The predicted molar refractivity (Wildman–Crippen MR) is 170 cm³/mol. The molecule has 0 unspecified atom stereocenters. The molecular formula is C33H47ClO3Si2. The third-order valence-corrected chi connectivity index (χ3v) is 20.6. The van der Waals surface area contributed by atoms with Crippen molar-refractivity contribution in [2.24, 2.45) is 0 Å². The first-order chi connectivity index (χ1) is 18.5. The summed E-state index contributed by atoms with van der Waals surface area (Å²) < 4.78 is 21.0. The van der Waals surface area contributed by atoms with E-state index < -0.39 is 21.8 Å². The molecule has 0 saturated heterocycles. The Morgan fingerprint density at radius 3 is 1.23 bits per heavy atom. The summed E-state index contributed by atoms with van der Waals surface area (Å²) in [6.45, 7) is 18.5. The lowest BCUT2D eigenvalue weighted by Gasteiger charge is -2.46. The van der Waals surface area contributed by atoms with Crippen LogP contribution in [0.2, 0.25) is 22.2 Å². The fourth-order valence-electron chi connectivity index (χ4n) is 5.58. The molecule has 6 heteroatoms. The molecular weight excluding hydrogens is 536 g/mol. The second-order valence-corrected chi connectivity index (χ2v) is 22.0. The van der Waals surface area contributed by atoms with Crippen LogP contribution in [0.5, 0.6) is 0 Å². The first-order valence-electron chi connectivity index (χ1n) is 14.3. The van der Waals surface area contributed by atoms with Gasteiger partial charge < -0.3 is 13.3 Å². The molecule has 3 aromatic rings. The van der Waals surface area contributed by atoms with E-state index in [0.717, 1.165) is 16.7 Å². The van der Waals surface area contributed by atoms with Crippen molar-refractivity contribution < 1.29 is 13.3 Å². The average Bonchev–Trinajstić information content (AvgIpc) is 2.93. The molecule has 0 amide bonds. The molecule has 0 aliphatic heterocycles. The Labute approximate surface area is 244 Å². The zero-order chi connectivity index (χ0) is 28.7. The summed E-state index contributed by atoms with van der Waals surface area (Å²) in [4.78, 5) is 0. The van der Waals surface area contributed by atoms with Gasteiger partial charge in [-0.2, -0.15) is 0 Å². The summed E-state index contributed by atoms with van der Waals surface area (Å²) in [5, 5.41) is 0. The van der Waals surface area contributed by atoms with E-state index in [0.29, 0.717) is 13.2 Å². The van der Waals surface area contributed by atoms with E-state index in [2.05, 4.69) is 128 Å². The Morgan fingerprint density at radius 1 is 0.564 bits per heavy atom. The summed E-state index contributed by atoms with van der Waals surface area (Å²) in [6, 6.07) is 31.4. The van der Waals surface area contributed by atoms with Crippen LogP contribution in [0.1, 0.15) is 72.1 Å². The molecule has 0 bridgehead atoms. The smallest absolute Gasteiger partial charge is 0.334 e. The summed E-state index contributed by atoms with van der Waals surface area (Å²) in [6.07, 6.45) is 0. The van der Waals surface area contributed by atoms with Crippen molar-refractivity contribution in [3.63, 3.8) is 0 Å². The molecule has 0 aromatic heterocycles. The van der Waals surface area contributed by atoms with Crippen LogP contribution in [0.4, 0.5) is 0 Å². The Hall–Kier alpha value is -1.74. The number of ether oxygens (including phenoxy) is 1. The lowest BCUT2D eigenvalue weighted by molar-refractivity contribution is -0.00774. The van der Waals surface area contributed by atoms with Crippen molar-refractivity contribution >= 4 is 27.3 Å². The van der Waals surface area contributed by atoms with Gasteiger partial charge in [0.25, 0.3) is 7.63 Å². The van der Waals surface area contributed by atoms with Gasteiger partial charge in [-0.15, -0.1) is 11.1 Å². The average molecular weight is 583 g/mol. The normalized spacial score (nSPS) is 13.2. The molecule has 212 valence electrons. The maximum Gasteiger partial charge on any atom is 0.334 e. The minimum absolute atomic E-state index is 0.253. The largest absolute Gasteiger partial charge is 0.423 e. The second-order valence-electron chi connectivity index (χ2n) is 11.6.